The van der Waals surface area contributed by atoms with Gasteiger partial charge in [-0.3, -0.25) is 4.79 Å². The standard InChI is InChI=1S/C20H23ClN2O2/c1-14(22-13-17-18(21)8-4-9-19(17)25-2)15-6-3-7-16(12-15)23-11-5-10-20(23)24/h3-4,6-9,12,14,22H,5,10-11,13H2,1-2H3. The van der Waals surface area contributed by atoms with E-state index < -0.39 is 0 Å². The number of benzene rings is 2. The third-order valence-electron chi connectivity index (χ3n) is 4.64. The normalized spacial score (nSPS) is 15.5. The Labute approximate surface area is 153 Å². The molecule has 1 fully saturated rings. The van der Waals surface area contributed by atoms with Gasteiger partial charge in [-0.05, 0) is 43.2 Å². The van der Waals surface area contributed by atoms with Gasteiger partial charge in [0.15, 0.2) is 0 Å². The summed E-state index contributed by atoms with van der Waals surface area (Å²) in [6.07, 6.45) is 1.58. The minimum absolute atomic E-state index is 0.124. The topological polar surface area (TPSA) is 41.6 Å². The van der Waals surface area contributed by atoms with Crippen LogP contribution in [0.25, 0.3) is 0 Å². The lowest BCUT2D eigenvalue weighted by atomic mass is 10.1. The van der Waals surface area contributed by atoms with Crippen LogP contribution in [0.15, 0.2) is 42.5 Å². The molecule has 1 aliphatic heterocycles. The van der Waals surface area contributed by atoms with Crippen LogP contribution in [0.1, 0.15) is 36.9 Å². The fraction of sp³-hybridized carbons (Fsp3) is 0.350. The van der Waals surface area contributed by atoms with Crippen molar-refractivity contribution in [1.29, 1.82) is 0 Å². The number of hydrogen-bond acceptors (Lipinski definition) is 3. The monoisotopic (exact) mass is 358 g/mol. The zero-order chi connectivity index (χ0) is 17.8. The van der Waals surface area contributed by atoms with Crippen LogP contribution in [-0.2, 0) is 11.3 Å². The van der Waals surface area contributed by atoms with Crippen molar-refractivity contribution in [3.8, 4) is 5.75 Å². The van der Waals surface area contributed by atoms with E-state index in [2.05, 4.69) is 24.4 Å². The number of methoxy groups -OCH3 is 1. The Balaban J connectivity index is 1.72. The van der Waals surface area contributed by atoms with Gasteiger partial charge in [0, 0.05) is 41.8 Å². The van der Waals surface area contributed by atoms with E-state index in [4.69, 9.17) is 16.3 Å². The highest BCUT2D eigenvalue weighted by Gasteiger charge is 2.22. The Morgan fingerprint density at radius 1 is 1.28 bits per heavy atom. The Hall–Kier alpha value is -2.04. The fourth-order valence-corrected chi connectivity index (χ4v) is 3.39. The van der Waals surface area contributed by atoms with Crippen molar-refractivity contribution in [1.82, 2.24) is 5.32 Å². The van der Waals surface area contributed by atoms with Crippen molar-refractivity contribution in [2.24, 2.45) is 0 Å². The largest absolute Gasteiger partial charge is 0.496 e. The van der Waals surface area contributed by atoms with E-state index >= 15 is 0 Å². The molecular formula is C20H23ClN2O2. The lowest BCUT2D eigenvalue weighted by Gasteiger charge is -2.20. The summed E-state index contributed by atoms with van der Waals surface area (Å²) in [5, 5.41) is 4.18. The lowest BCUT2D eigenvalue weighted by Crippen LogP contribution is -2.24. The highest BCUT2D eigenvalue weighted by atomic mass is 35.5. The molecule has 0 bridgehead atoms. The highest BCUT2D eigenvalue weighted by molar-refractivity contribution is 6.31. The van der Waals surface area contributed by atoms with Crippen molar-refractivity contribution in [3.63, 3.8) is 0 Å². The average molecular weight is 359 g/mol. The third kappa shape index (κ3) is 3.97. The Morgan fingerprint density at radius 3 is 2.80 bits per heavy atom. The summed E-state index contributed by atoms with van der Waals surface area (Å²) in [5.74, 6) is 0.988. The van der Waals surface area contributed by atoms with Crippen molar-refractivity contribution in [2.75, 3.05) is 18.6 Å². The van der Waals surface area contributed by atoms with Gasteiger partial charge in [-0.25, -0.2) is 0 Å². The molecule has 0 aromatic heterocycles. The van der Waals surface area contributed by atoms with Gasteiger partial charge in [0.1, 0.15) is 5.75 Å². The van der Waals surface area contributed by atoms with Gasteiger partial charge >= 0.3 is 0 Å². The number of nitrogens with one attached hydrogen (secondary N) is 1. The van der Waals surface area contributed by atoms with E-state index in [1.807, 2.05) is 35.2 Å². The number of carbonyl (C=O) groups excluding carboxylic acids is 1. The van der Waals surface area contributed by atoms with Gasteiger partial charge in [-0.1, -0.05) is 29.8 Å². The summed E-state index contributed by atoms with van der Waals surface area (Å²) in [7, 11) is 1.65. The summed E-state index contributed by atoms with van der Waals surface area (Å²) in [4.78, 5) is 13.8. The molecule has 1 amide bonds. The lowest BCUT2D eigenvalue weighted by molar-refractivity contribution is -0.117. The van der Waals surface area contributed by atoms with Crippen LogP contribution in [0, 0.1) is 0 Å². The van der Waals surface area contributed by atoms with E-state index in [1.54, 1.807) is 7.11 Å². The van der Waals surface area contributed by atoms with Crippen LogP contribution in [-0.4, -0.2) is 19.6 Å². The molecule has 4 nitrogen and oxygen atoms in total. The minimum Gasteiger partial charge on any atom is -0.496 e. The molecule has 1 saturated heterocycles. The first-order valence-electron chi connectivity index (χ1n) is 8.55. The Morgan fingerprint density at radius 2 is 2.08 bits per heavy atom. The van der Waals surface area contributed by atoms with E-state index in [0.29, 0.717) is 18.0 Å². The van der Waals surface area contributed by atoms with Crippen molar-refractivity contribution >= 4 is 23.2 Å². The number of halogens is 1. The van der Waals surface area contributed by atoms with Crippen LogP contribution in [0.5, 0.6) is 5.75 Å². The smallest absolute Gasteiger partial charge is 0.227 e. The molecule has 132 valence electrons. The van der Waals surface area contributed by atoms with Crippen LogP contribution in [0.4, 0.5) is 5.69 Å². The molecule has 1 N–H and O–H groups in total. The number of rotatable bonds is 6. The molecule has 0 radical (unpaired) electrons. The average Bonchev–Trinajstić information content (AvgIpc) is 3.06. The molecule has 2 aromatic rings. The second-order valence-corrected chi connectivity index (χ2v) is 6.67. The highest BCUT2D eigenvalue weighted by Crippen LogP contribution is 2.28. The van der Waals surface area contributed by atoms with Crippen LogP contribution in [0.3, 0.4) is 0 Å². The first-order valence-corrected chi connectivity index (χ1v) is 8.93. The second-order valence-electron chi connectivity index (χ2n) is 6.27. The molecular weight excluding hydrogens is 336 g/mol. The van der Waals surface area contributed by atoms with Crippen molar-refractivity contribution < 1.29 is 9.53 Å². The molecule has 0 spiro atoms. The molecule has 25 heavy (non-hydrogen) atoms. The summed E-state index contributed by atoms with van der Waals surface area (Å²) in [6, 6.07) is 13.9. The van der Waals surface area contributed by atoms with Crippen LogP contribution >= 0.6 is 11.6 Å². The molecule has 1 unspecified atom stereocenters. The zero-order valence-corrected chi connectivity index (χ0v) is 15.3. The third-order valence-corrected chi connectivity index (χ3v) is 4.99. The maximum Gasteiger partial charge on any atom is 0.227 e. The summed E-state index contributed by atoms with van der Waals surface area (Å²) >= 11 is 6.30. The summed E-state index contributed by atoms with van der Waals surface area (Å²) in [5.41, 5.74) is 3.07. The van der Waals surface area contributed by atoms with E-state index in [-0.39, 0.29) is 11.9 Å². The number of hydrogen-bond donors (Lipinski definition) is 1. The van der Waals surface area contributed by atoms with Gasteiger partial charge in [0.25, 0.3) is 0 Å². The first kappa shape index (κ1) is 17.8. The zero-order valence-electron chi connectivity index (χ0n) is 14.6. The van der Waals surface area contributed by atoms with E-state index in [1.165, 1.54) is 0 Å². The molecule has 5 heteroatoms. The SMILES string of the molecule is COc1cccc(Cl)c1CNC(C)c1cccc(N2CCCC2=O)c1. The van der Waals surface area contributed by atoms with Crippen molar-refractivity contribution in [3.05, 3.63) is 58.6 Å². The van der Waals surface area contributed by atoms with Crippen LogP contribution < -0.4 is 15.0 Å². The molecule has 3 rings (SSSR count). The molecule has 1 aliphatic rings. The van der Waals surface area contributed by atoms with Crippen molar-refractivity contribution in [2.45, 2.75) is 32.4 Å². The molecule has 0 saturated carbocycles. The Kier molecular flexibility index (Phi) is 5.61. The fourth-order valence-electron chi connectivity index (χ4n) is 3.16. The number of nitrogens with zero attached hydrogens (tertiary/aromatic N) is 1. The summed E-state index contributed by atoms with van der Waals surface area (Å²) in [6.45, 7) is 3.52. The van der Waals surface area contributed by atoms with Crippen LogP contribution in [0.2, 0.25) is 5.02 Å². The molecule has 0 aliphatic carbocycles. The predicted octanol–water partition coefficient (Wildman–Crippen LogP) is 4.33. The van der Waals surface area contributed by atoms with E-state index in [0.717, 1.165) is 35.5 Å². The second kappa shape index (κ2) is 7.89. The van der Waals surface area contributed by atoms with Gasteiger partial charge < -0.3 is 15.0 Å². The van der Waals surface area contributed by atoms with E-state index in [9.17, 15) is 4.79 Å². The Bertz CT molecular complexity index is 763. The maximum absolute atomic E-state index is 12.0. The van der Waals surface area contributed by atoms with Gasteiger partial charge in [-0.2, -0.15) is 0 Å². The quantitative estimate of drug-likeness (QED) is 0.835. The van der Waals surface area contributed by atoms with Gasteiger partial charge in [0.05, 0.1) is 7.11 Å². The number of amides is 1. The minimum atomic E-state index is 0.124. The summed E-state index contributed by atoms with van der Waals surface area (Å²) < 4.78 is 5.39. The maximum atomic E-state index is 12.0. The molecule has 1 atom stereocenters. The predicted molar refractivity (Wildman–Crippen MR) is 101 cm³/mol. The first-order chi connectivity index (χ1) is 12.1. The number of carbonyl (C=O) groups is 1. The number of ether oxygens (including phenoxy) is 1. The molecule has 2 aromatic carbocycles. The molecule has 1 heterocycles. The number of anilines is 1. The van der Waals surface area contributed by atoms with Gasteiger partial charge in [-0.15, -0.1) is 0 Å². The van der Waals surface area contributed by atoms with Gasteiger partial charge in [0.2, 0.25) is 5.91 Å².